The Morgan fingerprint density at radius 2 is 1.74 bits per heavy atom. The Morgan fingerprint density at radius 1 is 0.977 bits per heavy atom. The summed E-state index contributed by atoms with van der Waals surface area (Å²) in [5.74, 6) is -1.34. The minimum atomic E-state index is -1.00. The Bertz CT molecular complexity index is 1570. The summed E-state index contributed by atoms with van der Waals surface area (Å²) < 4.78 is 22.5. The van der Waals surface area contributed by atoms with Crippen LogP contribution >= 0.6 is 0 Å². The first-order valence-electron chi connectivity index (χ1n) is 14.6. The van der Waals surface area contributed by atoms with Crippen LogP contribution in [-0.2, 0) is 36.9 Å². The molecule has 0 radical (unpaired) electrons. The largest absolute Gasteiger partial charge is 0.461 e. The van der Waals surface area contributed by atoms with E-state index < -0.39 is 35.9 Å². The molecule has 3 aromatic carbocycles. The number of hydrogen-bond acceptors (Lipinski definition) is 7. The van der Waals surface area contributed by atoms with Crippen LogP contribution in [-0.4, -0.2) is 41.8 Å². The molecule has 43 heavy (non-hydrogen) atoms. The zero-order valence-electron chi connectivity index (χ0n) is 24.3. The molecule has 3 atom stereocenters. The molecule has 2 N–H and O–H groups in total. The molecule has 0 saturated heterocycles. The average molecular weight is 585 g/mol. The van der Waals surface area contributed by atoms with Crippen LogP contribution in [0.1, 0.15) is 55.7 Å². The van der Waals surface area contributed by atoms with E-state index in [0.29, 0.717) is 23.5 Å². The Balaban J connectivity index is 1.46. The second-order valence-electron chi connectivity index (χ2n) is 10.6. The second kappa shape index (κ2) is 13.9. The van der Waals surface area contributed by atoms with Crippen molar-refractivity contribution in [1.29, 1.82) is 0 Å². The lowest BCUT2D eigenvalue weighted by molar-refractivity contribution is -0.152. The van der Waals surface area contributed by atoms with Gasteiger partial charge < -0.3 is 29.2 Å². The fraction of sp³-hybridized carbons (Fsp3) is 0.324. The molecule has 2 heterocycles. The molecule has 224 valence electrons. The number of fused-ring (bicyclic) bond motifs is 2. The zero-order valence-corrected chi connectivity index (χ0v) is 24.3. The first-order valence-corrected chi connectivity index (χ1v) is 14.6. The van der Waals surface area contributed by atoms with Crippen molar-refractivity contribution in [2.45, 2.75) is 64.2 Å². The van der Waals surface area contributed by atoms with Gasteiger partial charge in [0, 0.05) is 30.4 Å². The molecule has 4 aromatic rings. The van der Waals surface area contributed by atoms with E-state index in [0.717, 1.165) is 34.9 Å². The maximum Gasteiger partial charge on any atom is 0.329 e. The summed E-state index contributed by atoms with van der Waals surface area (Å²) in [6.07, 6.45) is 3.34. The van der Waals surface area contributed by atoms with Crippen LogP contribution in [0.2, 0.25) is 0 Å². The van der Waals surface area contributed by atoms with E-state index in [9.17, 15) is 14.4 Å². The fourth-order valence-electron chi connectivity index (χ4n) is 5.36. The lowest BCUT2D eigenvalue weighted by atomic mass is 9.88. The quantitative estimate of drug-likeness (QED) is 0.197. The van der Waals surface area contributed by atoms with Crippen LogP contribution in [0, 0.1) is 0 Å². The van der Waals surface area contributed by atoms with Crippen LogP contribution in [0.3, 0.4) is 0 Å². The standard InChI is InChI=1S/C34H36N2O7/c1-3-4-14-30(43-22(2)37)32(24-15-16-29-31(18-24)42-21-41-29)33(38)36-28(34(39)40-20-23-10-6-5-7-11-23)17-25-19-35-27-13-9-8-12-26(25)27/h5-13,15-16,18-19,28,30,32,35H,3-4,14,17,20-21H2,1-2H3,(H,36,38)/t28-,30?,32?/m0/s1. The van der Waals surface area contributed by atoms with Crippen molar-refractivity contribution < 1.29 is 33.3 Å². The molecular weight excluding hydrogens is 548 g/mol. The number of para-hydroxylation sites is 1. The van der Waals surface area contributed by atoms with Gasteiger partial charge in [0.15, 0.2) is 11.5 Å². The van der Waals surface area contributed by atoms with Crippen molar-refractivity contribution >= 4 is 28.7 Å². The van der Waals surface area contributed by atoms with Crippen molar-refractivity contribution in [3.8, 4) is 11.5 Å². The van der Waals surface area contributed by atoms with E-state index in [4.69, 9.17) is 18.9 Å². The van der Waals surface area contributed by atoms with Crippen LogP contribution in [0.4, 0.5) is 0 Å². The maximum atomic E-state index is 14.2. The number of unbranched alkanes of at least 4 members (excludes halogenated alkanes) is 1. The molecule has 1 amide bonds. The summed E-state index contributed by atoms with van der Waals surface area (Å²) in [6, 6.07) is 21.4. The zero-order chi connectivity index (χ0) is 30.2. The lowest BCUT2D eigenvalue weighted by Crippen LogP contribution is -2.47. The number of H-pyrrole nitrogens is 1. The van der Waals surface area contributed by atoms with Crippen molar-refractivity contribution in [2.75, 3.05) is 6.79 Å². The number of carbonyl (C=O) groups excluding carboxylic acids is 3. The van der Waals surface area contributed by atoms with Crippen LogP contribution in [0.25, 0.3) is 10.9 Å². The predicted molar refractivity (Wildman–Crippen MR) is 161 cm³/mol. The van der Waals surface area contributed by atoms with Crippen molar-refractivity contribution in [1.82, 2.24) is 10.3 Å². The molecular formula is C34H36N2O7. The Kier molecular flexibility index (Phi) is 9.61. The van der Waals surface area contributed by atoms with Crippen LogP contribution < -0.4 is 14.8 Å². The lowest BCUT2D eigenvalue weighted by Gasteiger charge is -2.28. The van der Waals surface area contributed by atoms with E-state index in [1.165, 1.54) is 6.92 Å². The smallest absolute Gasteiger partial charge is 0.329 e. The van der Waals surface area contributed by atoms with Gasteiger partial charge >= 0.3 is 11.9 Å². The van der Waals surface area contributed by atoms with Gasteiger partial charge in [-0.15, -0.1) is 0 Å². The summed E-state index contributed by atoms with van der Waals surface area (Å²) in [7, 11) is 0. The molecule has 1 aliphatic rings. The minimum absolute atomic E-state index is 0.0676. The summed E-state index contributed by atoms with van der Waals surface area (Å²) in [4.78, 5) is 43.2. The highest BCUT2D eigenvalue weighted by Gasteiger charge is 2.36. The van der Waals surface area contributed by atoms with Gasteiger partial charge in [-0.05, 0) is 41.3 Å². The number of amides is 1. The average Bonchev–Trinajstić information content (AvgIpc) is 3.65. The fourth-order valence-corrected chi connectivity index (χ4v) is 5.36. The number of aromatic nitrogens is 1. The van der Waals surface area contributed by atoms with E-state index in [-0.39, 0.29) is 19.8 Å². The Labute approximate surface area is 250 Å². The van der Waals surface area contributed by atoms with Gasteiger partial charge in [0.05, 0.1) is 0 Å². The molecule has 9 heteroatoms. The normalized spacial score (nSPS) is 14.1. The van der Waals surface area contributed by atoms with Crippen molar-refractivity contribution in [3.05, 3.63) is 95.7 Å². The third kappa shape index (κ3) is 7.35. The molecule has 0 saturated carbocycles. The number of carbonyl (C=O) groups is 3. The van der Waals surface area contributed by atoms with Gasteiger partial charge in [-0.3, -0.25) is 9.59 Å². The van der Waals surface area contributed by atoms with Gasteiger partial charge in [0.25, 0.3) is 0 Å². The van der Waals surface area contributed by atoms with Crippen LogP contribution in [0.15, 0.2) is 79.0 Å². The van der Waals surface area contributed by atoms with Gasteiger partial charge in [-0.2, -0.15) is 0 Å². The Hall–Kier alpha value is -4.79. The van der Waals surface area contributed by atoms with E-state index >= 15 is 0 Å². The molecule has 0 fully saturated rings. The molecule has 1 aliphatic heterocycles. The molecule has 2 unspecified atom stereocenters. The molecule has 5 rings (SSSR count). The number of esters is 2. The number of nitrogens with one attached hydrogen (secondary N) is 2. The second-order valence-corrected chi connectivity index (χ2v) is 10.6. The van der Waals surface area contributed by atoms with Gasteiger partial charge in [0.2, 0.25) is 12.7 Å². The van der Waals surface area contributed by atoms with E-state index in [1.54, 1.807) is 18.2 Å². The molecule has 9 nitrogen and oxygen atoms in total. The van der Waals surface area contributed by atoms with Crippen molar-refractivity contribution in [2.24, 2.45) is 0 Å². The summed E-state index contributed by atoms with van der Waals surface area (Å²) in [5, 5.41) is 3.91. The van der Waals surface area contributed by atoms with Gasteiger partial charge in [-0.25, -0.2) is 4.79 Å². The first-order chi connectivity index (χ1) is 20.9. The number of rotatable bonds is 13. The highest BCUT2D eigenvalue weighted by atomic mass is 16.7. The first kappa shape index (κ1) is 29.7. The number of ether oxygens (including phenoxy) is 4. The molecule has 0 aliphatic carbocycles. The number of hydrogen-bond donors (Lipinski definition) is 2. The van der Waals surface area contributed by atoms with Gasteiger partial charge in [0.1, 0.15) is 24.7 Å². The van der Waals surface area contributed by atoms with E-state index in [1.807, 2.05) is 67.7 Å². The molecule has 0 spiro atoms. The third-order valence-electron chi connectivity index (χ3n) is 7.49. The highest BCUT2D eigenvalue weighted by Crippen LogP contribution is 2.37. The SMILES string of the molecule is CCCCC(OC(C)=O)C(C(=O)N[C@@H](Cc1c[nH]c2ccccc12)C(=O)OCc1ccccc1)c1ccc2c(c1)OCO2. The summed E-state index contributed by atoms with van der Waals surface area (Å²) >= 11 is 0. The summed E-state index contributed by atoms with van der Waals surface area (Å²) in [6.45, 7) is 3.51. The molecule has 1 aromatic heterocycles. The number of aromatic amines is 1. The highest BCUT2D eigenvalue weighted by molar-refractivity contribution is 5.90. The van der Waals surface area contributed by atoms with E-state index in [2.05, 4.69) is 10.3 Å². The van der Waals surface area contributed by atoms with Gasteiger partial charge in [-0.1, -0.05) is 74.4 Å². The third-order valence-corrected chi connectivity index (χ3v) is 7.49. The number of benzene rings is 3. The van der Waals surface area contributed by atoms with Crippen LogP contribution in [0.5, 0.6) is 11.5 Å². The monoisotopic (exact) mass is 584 g/mol. The topological polar surface area (TPSA) is 116 Å². The van der Waals surface area contributed by atoms with Crippen molar-refractivity contribution in [3.63, 3.8) is 0 Å². The summed E-state index contributed by atoms with van der Waals surface area (Å²) in [5.41, 5.74) is 3.21. The Morgan fingerprint density at radius 3 is 2.53 bits per heavy atom. The predicted octanol–water partition coefficient (Wildman–Crippen LogP) is 5.57. The minimum Gasteiger partial charge on any atom is -0.461 e. The molecule has 0 bridgehead atoms. The maximum absolute atomic E-state index is 14.2.